The molecule has 3 rings (SSSR count). The summed E-state index contributed by atoms with van der Waals surface area (Å²) in [7, 11) is 2.04. The molecule has 0 N–H and O–H groups in total. The van der Waals surface area contributed by atoms with Crippen molar-refractivity contribution in [1.82, 2.24) is 15.1 Å². The van der Waals surface area contributed by atoms with Crippen LogP contribution in [0.1, 0.15) is 30.0 Å². The minimum absolute atomic E-state index is 0.0207. The lowest BCUT2D eigenvalue weighted by Gasteiger charge is -2.21. The zero-order chi connectivity index (χ0) is 17.1. The monoisotopic (exact) mass is 341 g/mol. The SMILES string of the molecule is Cc1ccc(-c2nnc(C(C)N(C)Cc3ccc(Cl)cc3)o2)cc1. The molecule has 4 nitrogen and oxygen atoms in total. The maximum Gasteiger partial charge on any atom is 0.247 e. The molecule has 0 fully saturated rings. The molecular weight excluding hydrogens is 322 g/mol. The molecule has 1 atom stereocenters. The minimum atomic E-state index is 0.0207. The lowest BCUT2D eigenvalue weighted by atomic mass is 10.1. The Kier molecular flexibility index (Phi) is 4.97. The van der Waals surface area contributed by atoms with E-state index in [0.29, 0.717) is 11.8 Å². The Labute approximate surface area is 147 Å². The van der Waals surface area contributed by atoms with Gasteiger partial charge in [0.1, 0.15) is 0 Å². The van der Waals surface area contributed by atoms with Gasteiger partial charge in [0.15, 0.2) is 0 Å². The molecule has 124 valence electrons. The van der Waals surface area contributed by atoms with Crippen LogP contribution in [0.25, 0.3) is 11.5 Å². The summed E-state index contributed by atoms with van der Waals surface area (Å²) < 4.78 is 5.86. The summed E-state index contributed by atoms with van der Waals surface area (Å²) in [4.78, 5) is 2.16. The van der Waals surface area contributed by atoms with E-state index < -0.39 is 0 Å². The van der Waals surface area contributed by atoms with Crippen molar-refractivity contribution in [3.63, 3.8) is 0 Å². The van der Waals surface area contributed by atoms with E-state index in [9.17, 15) is 0 Å². The van der Waals surface area contributed by atoms with Crippen molar-refractivity contribution in [3.05, 3.63) is 70.6 Å². The quantitative estimate of drug-likeness (QED) is 0.662. The zero-order valence-electron chi connectivity index (χ0n) is 14.0. The third-order valence-corrected chi connectivity index (χ3v) is 4.35. The second-order valence-electron chi connectivity index (χ2n) is 6.03. The standard InChI is InChI=1S/C19H20ClN3O/c1-13-4-8-16(9-5-13)19-22-21-18(24-19)14(2)23(3)12-15-6-10-17(20)11-7-15/h4-11,14H,12H2,1-3H3. The van der Waals surface area contributed by atoms with E-state index >= 15 is 0 Å². The fraction of sp³-hybridized carbons (Fsp3) is 0.263. The number of aryl methyl sites for hydroxylation is 1. The highest BCUT2D eigenvalue weighted by Crippen LogP contribution is 2.24. The predicted molar refractivity (Wildman–Crippen MR) is 95.8 cm³/mol. The molecule has 2 aromatic carbocycles. The van der Waals surface area contributed by atoms with E-state index in [1.165, 1.54) is 11.1 Å². The molecule has 24 heavy (non-hydrogen) atoms. The molecule has 0 aliphatic heterocycles. The van der Waals surface area contributed by atoms with Gasteiger partial charge in [0, 0.05) is 17.1 Å². The number of rotatable bonds is 5. The summed E-state index contributed by atoms with van der Waals surface area (Å²) in [5.41, 5.74) is 3.33. The lowest BCUT2D eigenvalue weighted by molar-refractivity contribution is 0.218. The van der Waals surface area contributed by atoms with Crippen molar-refractivity contribution >= 4 is 11.6 Å². The Bertz CT molecular complexity index is 796. The van der Waals surface area contributed by atoms with Gasteiger partial charge in [-0.05, 0) is 50.7 Å². The van der Waals surface area contributed by atoms with Gasteiger partial charge in [-0.2, -0.15) is 0 Å². The van der Waals surface area contributed by atoms with E-state index in [1.807, 2.05) is 55.6 Å². The molecule has 1 heterocycles. The van der Waals surface area contributed by atoms with Crippen LogP contribution in [0.4, 0.5) is 0 Å². The molecule has 0 radical (unpaired) electrons. The van der Waals surface area contributed by atoms with Crippen molar-refractivity contribution in [3.8, 4) is 11.5 Å². The first-order valence-corrected chi connectivity index (χ1v) is 8.26. The number of halogens is 1. The van der Waals surface area contributed by atoms with Crippen molar-refractivity contribution < 1.29 is 4.42 Å². The minimum Gasteiger partial charge on any atom is -0.419 e. The Hall–Kier alpha value is -2.17. The van der Waals surface area contributed by atoms with Gasteiger partial charge in [-0.25, -0.2) is 0 Å². The molecule has 3 aromatic rings. The first-order chi connectivity index (χ1) is 11.5. The zero-order valence-corrected chi connectivity index (χ0v) is 14.8. The Balaban J connectivity index is 1.71. The van der Waals surface area contributed by atoms with E-state index in [4.69, 9.17) is 16.0 Å². The van der Waals surface area contributed by atoms with Gasteiger partial charge in [-0.15, -0.1) is 10.2 Å². The van der Waals surface area contributed by atoms with Crippen molar-refractivity contribution in [2.75, 3.05) is 7.05 Å². The van der Waals surface area contributed by atoms with Gasteiger partial charge < -0.3 is 4.42 Å². The van der Waals surface area contributed by atoms with E-state index in [-0.39, 0.29) is 6.04 Å². The van der Waals surface area contributed by atoms with Crippen molar-refractivity contribution in [2.24, 2.45) is 0 Å². The summed E-state index contributed by atoms with van der Waals surface area (Å²) in [5.74, 6) is 1.17. The summed E-state index contributed by atoms with van der Waals surface area (Å²) >= 11 is 5.93. The number of nitrogens with zero attached hydrogens (tertiary/aromatic N) is 3. The number of benzene rings is 2. The molecule has 0 aliphatic carbocycles. The molecule has 0 amide bonds. The van der Waals surface area contributed by atoms with E-state index in [2.05, 4.69) is 28.9 Å². The van der Waals surface area contributed by atoms with Crippen LogP contribution in [0.15, 0.2) is 52.9 Å². The highest BCUT2D eigenvalue weighted by molar-refractivity contribution is 6.30. The van der Waals surface area contributed by atoms with Gasteiger partial charge in [0.2, 0.25) is 11.8 Å². The van der Waals surface area contributed by atoms with Gasteiger partial charge in [0.25, 0.3) is 0 Å². The van der Waals surface area contributed by atoms with Crippen molar-refractivity contribution in [2.45, 2.75) is 26.4 Å². The predicted octanol–water partition coefficient (Wildman–Crippen LogP) is 4.89. The van der Waals surface area contributed by atoms with Gasteiger partial charge in [-0.1, -0.05) is 41.4 Å². The van der Waals surface area contributed by atoms with Crippen LogP contribution in [-0.4, -0.2) is 22.1 Å². The molecule has 1 aromatic heterocycles. The second-order valence-corrected chi connectivity index (χ2v) is 6.47. The fourth-order valence-electron chi connectivity index (χ4n) is 2.42. The van der Waals surface area contributed by atoms with E-state index in [1.54, 1.807) is 0 Å². The lowest BCUT2D eigenvalue weighted by Crippen LogP contribution is -2.22. The molecule has 0 spiro atoms. The van der Waals surface area contributed by atoms with Crippen molar-refractivity contribution in [1.29, 1.82) is 0 Å². The van der Waals surface area contributed by atoms with Crippen LogP contribution < -0.4 is 0 Å². The van der Waals surface area contributed by atoms with Gasteiger partial charge in [-0.3, -0.25) is 4.90 Å². The first kappa shape index (κ1) is 16.7. The third-order valence-electron chi connectivity index (χ3n) is 4.10. The fourth-order valence-corrected chi connectivity index (χ4v) is 2.55. The topological polar surface area (TPSA) is 42.2 Å². The van der Waals surface area contributed by atoms with Crippen LogP contribution >= 0.6 is 11.6 Å². The van der Waals surface area contributed by atoms with Crippen LogP contribution in [0.3, 0.4) is 0 Å². The average Bonchev–Trinajstić information content (AvgIpc) is 3.07. The molecule has 0 saturated carbocycles. The van der Waals surface area contributed by atoms with Gasteiger partial charge >= 0.3 is 0 Å². The highest BCUT2D eigenvalue weighted by Gasteiger charge is 2.19. The molecule has 0 bridgehead atoms. The third kappa shape index (κ3) is 3.83. The summed E-state index contributed by atoms with van der Waals surface area (Å²) in [6.07, 6.45) is 0. The molecule has 0 saturated heterocycles. The molecule has 0 aliphatic rings. The largest absolute Gasteiger partial charge is 0.419 e. The first-order valence-electron chi connectivity index (χ1n) is 7.88. The Morgan fingerprint density at radius 1 is 1.04 bits per heavy atom. The molecule has 5 heteroatoms. The average molecular weight is 342 g/mol. The second kappa shape index (κ2) is 7.16. The maximum atomic E-state index is 5.93. The van der Waals surface area contributed by atoms with Crippen LogP contribution in [0.5, 0.6) is 0 Å². The smallest absolute Gasteiger partial charge is 0.247 e. The van der Waals surface area contributed by atoms with Crippen LogP contribution in [0, 0.1) is 6.92 Å². The maximum absolute atomic E-state index is 5.93. The molecular formula is C19H20ClN3O. The number of aromatic nitrogens is 2. The highest BCUT2D eigenvalue weighted by atomic mass is 35.5. The Morgan fingerprint density at radius 2 is 1.71 bits per heavy atom. The van der Waals surface area contributed by atoms with Crippen LogP contribution in [-0.2, 0) is 6.54 Å². The van der Waals surface area contributed by atoms with Gasteiger partial charge in [0.05, 0.1) is 6.04 Å². The van der Waals surface area contributed by atoms with E-state index in [0.717, 1.165) is 17.1 Å². The molecule has 1 unspecified atom stereocenters. The summed E-state index contributed by atoms with van der Waals surface area (Å²) in [5, 5.41) is 9.13. The number of hydrogen-bond donors (Lipinski definition) is 0. The number of hydrogen-bond acceptors (Lipinski definition) is 4. The summed E-state index contributed by atoms with van der Waals surface area (Å²) in [6.45, 7) is 4.89. The normalized spacial score (nSPS) is 12.5. The Morgan fingerprint density at radius 3 is 2.38 bits per heavy atom. The van der Waals surface area contributed by atoms with Crippen LogP contribution in [0.2, 0.25) is 5.02 Å². The summed E-state index contributed by atoms with van der Waals surface area (Å²) in [6, 6.07) is 15.9.